The number of aryl methyl sites for hydroxylation is 2. The van der Waals surface area contributed by atoms with Gasteiger partial charge in [-0.05, 0) is 85.3 Å². The van der Waals surface area contributed by atoms with Crippen LogP contribution in [0.25, 0.3) is 22.4 Å². The van der Waals surface area contributed by atoms with Crippen LogP contribution in [0.1, 0.15) is 44.9 Å². The molecule has 9 nitrogen and oxygen atoms in total. The molecule has 3 saturated carbocycles. The fourth-order valence-corrected chi connectivity index (χ4v) is 7.75. The van der Waals surface area contributed by atoms with Crippen molar-refractivity contribution in [3.05, 3.63) is 82.3 Å². The minimum Gasteiger partial charge on any atom is -0.340 e. The first-order chi connectivity index (χ1) is 22.2. The van der Waals surface area contributed by atoms with E-state index in [0.29, 0.717) is 52.6 Å². The molecule has 46 heavy (non-hydrogen) atoms. The van der Waals surface area contributed by atoms with Crippen molar-refractivity contribution in [3.63, 3.8) is 0 Å². The maximum atomic E-state index is 14.0. The molecule has 0 radical (unpaired) electrons. The summed E-state index contributed by atoms with van der Waals surface area (Å²) in [5, 5.41) is 7.63. The first kappa shape index (κ1) is 30.5. The van der Waals surface area contributed by atoms with E-state index in [2.05, 4.69) is 46.3 Å². The predicted molar refractivity (Wildman–Crippen MR) is 180 cm³/mol. The molecule has 4 atom stereocenters. The van der Waals surface area contributed by atoms with Crippen LogP contribution in [0, 0.1) is 35.9 Å². The van der Waals surface area contributed by atoms with Crippen molar-refractivity contribution in [3.8, 4) is 11.5 Å². The van der Waals surface area contributed by atoms with Gasteiger partial charge in [0.05, 0.1) is 28.8 Å². The van der Waals surface area contributed by atoms with Crippen LogP contribution in [0.4, 0.5) is 10.1 Å². The molecule has 2 aromatic carbocycles. The Balaban J connectivity index is 1.23. The number of nitrogens with one attached hydrogen (secondary N) is 2. The molecule has 2 N–H and O–H groups in total. The van der Waals surface area contributed by atoms with Gasteiger partial charge in [0.15, 0.2) is 11.8 Å². The summed E-state index contributed by atoms with van der Waals surface area (Å²) in [5.41, 5.74) is 3.92. The quantitative estimate of drug-likeness (QED) is 0.223. The van der Waals surface area contributed by atoms with E-state index in [4.69, 9.17) is 9.98 Å². The van der Waals surface area contributed by atoms with E-state index in [1.165, 1.54) is 18.6 Å². The number of guanidine groups is 1. The molecular formula is C36H43FN8O. The van der Waals surface area contributed by atoms with Crippen LogP contribution in [0.5, 0.6) is 0 Å². The number of aliphatic imine (C=N–C) groups is 1. The molecule has 0 amide bonds. The van der Waals surface area contributed by atoms with E-state index >= 15 is 0 Å². The summed E-state index contributed by atoms with van der Waals surface area (Å²) in [5.74, 6) is 3.04. The maximum Gasteiger partial charge on any atom is 0.261 e. The number of piperazine rings is 1. The lowest BCUT2D eigenvalue weighted by Gasteiger charge is -2.61. The molecule has 4 aromatic rings. The molecular weight excluding hydrogens is 579 g/mol. The van der Waals surface area contributed by atoms with Crippen LogP contribution in [-0.4, -0.2) is 62.6 Å². The van der Waals surface area contributed by atoms with Gasteiger partial charge in [-0.25, -0.2) is 19.4 Å². The highest BCUT2D eigenvalue weighted by Crippen LogP contribution is 2.61. The van der Waals surface area contributed by atoms with Crippen molar-refractivity contribution in [1.29, 1.82) is 0 Å². The first-order valence-corrected chi connectivity index (χ1v) is 16.6. The molecule has 2 aromatic heterocycles. The van der Waals surface area contributed by atoms with Gasteiger partial charge in [0.25, 0.3) is 5.56 Å². The second kappa shape index (κ2) is 12.2. The maximum absolute atomic E-state index is 14.0. The van der Waals surface area contributed by atoms with Gasteiger partial charge in [-0.2, -0.15) is 0 Å². The van der Waals surface area contributed by atoms with Gasteiger partial charge in [0.1, 0.15) is 11.5 Å². The Morgan fingerprint density at radius 3 is 2.57 bits per heavy atom. The number of fused-ring (bicyclic) bond motifs is 3. The number of hydrogen-bond acceptors (Lipinski definition) is 6. The molecule has 4 fully saturated rings. The minimum atomic E-state index is -0.285. The summed E-state index contributed by atoms with van der Waals surface area (Å²) in [6, 6.07) is 12.4. The molecule has 4 aliphatic rings. The zero-order valence-electron chi connectivity index (χ0n) is 27.1. The standard InChI is InChI=1S/C36H43FN8O/c1-22-20-40-32(21-39-22)33-42-31-19-27(9-10-28(31)34(46)45(33)14-11-24-5-7-26(37)8-6-24)41-35(44-15-12-38-13-16-44)43-30-18-25-17-29(23(30)2)36(25,3)4/h5-10,19-21,23,25,29-30,38H,11-18H2,1-4H3,(H,41,43)/t23-,25+,29-,30?/m0/s1. The minimum absolute atomic E-state index is 0.148. The van der Waals surface area contributed by atoms with Crippen molar-refractivity contribution < 1.29 is 4.39 Å². The number of anilines is 1. The Kier molecular flexibility index (Phi) is 8.09. The fraction of sp³-hybridized carbons (Fsp3) is 0.472. The smallest absolute Gasteiger partial charge is 0.261 e. The summed E-state index contributed by atoms with van der Waals surface area (Å²) < 4.78 is 15.2. The van der Waals surface area contributed by atoms with Gasteiger partial charge in [0, 0.05) is 44.6 Å². The van der Waals surface area contributed by atoms with Gasteiger partial charge in [0.2, 0.25) is 0 Å². The third-order valence-corrected chi connectivity index (χ3v) is 10.8. The number of hydrogen-bond donors (Lipinski definition) is 2. The lowest BCUT2D eigenvalue weighted by molar-refractivity contribution is -0.108. The summed E-state index contributed by atoms with van der Waals surface area (Å²) >= 11 is 0. The largest absolute Gasteiger partial charge is 0.340 e. The molecule has 1 aliphatic heterocycles. The third kappa shape index (κ3) is 5.79. The van der Waals surface area contributed by atoms with E-state index in [0.717, 1.165) is 61.4 Å². The predicted octanol–water partition coefficient (Wildman–Crippen LogP) is 5.29. The van der Waals surface area contributed by atoms with Crippen molar-refractivity contribution in [2.24, 2.45) is 28.2 Å². The Labute approximate surface area is 269 Å². The SMILES string of the molecule is Cc1cnc(-c2nc3cc(NC(=NC4C[C@H]5C[C@@H]([C@@H]4C)C5(C)C)N4CCNCC4)ccc3c(=O)n2CCc2ccc(F)cc2)cn1. The third-order valence-electron chi connectivity index (χ3n) is 10.8. The van der Waals surface area contributed by atoms with Crippen molar-refractivity contribution in [2.45, 2.75) is 59.5 Å². The average Bonchev–Trinajstić information content (AvgIpc) is 3.06. The highest BCUT2D eigenvalue weighted by atomic mass is 19.1. The molecule has 8 rings (SSSR count). The Hall–Kier alpha value is -4.18. The molecule has 240 valence electrons. The van der Waals surface area contributed by atoms with Crippen molar-refractivity contribution in [2.75, 3.05) is 31.5 Å². The fourth-order valence-electron chi connectivity index (χ4n) is 7.75. The van der Waals surface area contributed by atoms with Crippen LogP contribution in [-0.2, 0) is 13.0 Å². The second-order valence-corrected chi connectivity index (χ2v) is 13.9. The lowest BCUT2D eigenvalue weighted by Crippen LogP contribution is -2.57. The van der Waals surface area contributed by atoms with Gasteiger partial charge in [-0.15, -0.1) is 0 Å². The number of nitrogens with zero attached hydrogens (tertiary/aromatic N) is 6. The first-order valence-electron chi connectivity index (χ1n) is 16.6. The topological polar surface area (TPSA) is 100 Å². The molecule has 1 saturated heterocycles. The Bertz CT molecular complexity index is 1810. The van der Waals surface area contributed by atoms with Crippen LogP contribution < -0.4 is 16.2 Å². The van der Waals surface area contributed by atoms with Gasteiger partial charge in [-0.3, -0.25) is 14.3 Å². The summed E-state index contributed by atoms with van der Waals surface area (Å²) in [6.45, 7) is 13.1. The molecule has 3 heterocycles. The number of halogens is 1. The van der Waals surface area contributed by atoms with Crippen molar-refractivity contribution >= 4 is 22.5 Å². The Morgan fingerprint density at radius 2 is 1.87 bits per heavy atom. The molecule has 1 unspecified atom stereocenters. The van der Waals surface area contributed by atoms with E-state index in [1.54, 1.807) is 29.1 Å². The van der Waals surface area contributed by atoms with Crippen molar-refractivity contribution in [1.82, 2.24) is 29.7 Å². The highest BCUT2D eigenvalue weighted by molar-refractivity contribution is 5.96. The normalized spacial score (nSPS) is 24.1. The monoisotopic (exact) mass is 622 g/mol. The molecule has 2 bridgehead atoms. The Morgan fingerprint density at radius 1 is 1.09 bits per heavy atom. The van der Waals surface area contributed by atoms with E-state index in [1.807, 2.05) is 25.1 Å². The van der Waals surface area contributed by atoms with E-state index in [-0.39, 0.29) is 17.4 Å². The van der Waals surface area contributed by atoms with Gasteiger partial charge in [-0.1, -0.05) is 32.9 Å². The lowest BCUT2D eigenvalue weighted by atomic mass is 9.45. The van der Waals surface area contributed by atoms with Crippen LogP contribution in [0.15, 0.2) is 64.6 Å². The zero-order valence-corrected chi connectivity index (χ0v) is 27.1. The van der Waals surface area contributed by atoms with E-state index < -0.39 is 0 Å². The number of benzene rings is 2. The van der Waals surface area contributed by atoms with Crippen LogP contribution >= 0.6 is 0 Å². The number of rotatable bonds is 6. The second-order valence-electron chi connectivity index (χ2n) is 13.9. The summed E-state index contributed by atoms with van der Waals surface area (Å²) in [7, 11) is 0. The van der Waals surface area contributed by atoms with Crippen LogP contribution in [0.3, 0.4) is 0 Å². The number of aromatic nitrogens is 4. The van der Waals surface area contributed by atoms with E-state index in [9.17, 15) is 9.18 Å². The molecule has 10 heteroatoms. The zero-order chi connectivity index (χ0) is 32.0. The highest BCUT2D eigenvalue weighted by Gasteiger charge is 2.56. The summed E-state index contributed by atoms with van der Waals surface area (Å²) in [4.78, 5) is 35.7. The van der Waals surface area contributed by atoms with Gasteiger partial charge >= 0.3 is 0 Å². The molecule has 3 aliphatic carbocycles. The average molecular weight is 623 g/mol. The summed E-state index contributed by atoms with van der Waals surface area (Å²) in [6.07, 6.45) is 6.33. The van der Waals surface area contributed by atoms with Crippen LogP contribution in [0.2, 0.25) is 0 Å². The molecule has 0 spiro atoms. The van der Waals surface area contributed by atoms with Gasteiger partial charge < -0.3 is 15.5 Å².